The SMILES string of the molecule is CCc1cccc(CC)c1NC(N)=NCCCN1C(=O)COc2ccccc21.I. The van der Waals surface area contributed by atoms with Crippen molar-refractivity contribution in [3.63, 3.8) is 0 Å². The molecule has 29 heavy (non-hydrogen) atoms. The number of nitrogens with two attached hydrogens (primary N) is 1. The number of nitrogens with one attached hydrogen (secondary N) is 1. The molecule has 0 saturated heterocycles. The summed E-state index contributed by atoms with van der Waals surface area (Å²) in [7, 11) is 0. The van der Waals surface area contributed by atoms with Crippen molar-refractivity contribution in [2.45, 2.75) is 33.1 Å². The molecule has 0 atom stereocenters. The summed E-state index contributed by atoms with van der Waals surface area (Å²) in [6, 6.07) is 13.9. The van der Waals surface area contributed by atoms with Gasteiger partial charge in [0.25, 0.3) is 5.91 Å². The van der Waals surface area contributed by atoms with Gasteiger partial charge >= 0.3 is 0 Å². The number of fused-ring (bicyclic) bond motifs is 1. The van der Waals surface area contributed by atoms with Crippen LogP contribution >= 0.6 is 24.0 Å². The van der Waals surface area contributed by atoms with Gasteiger partial charge in [-0.2, -0.15) is 0 Å². The van der Waals surface area contributed by atoms with Gasteiger partial charge in [0.15, 0.2) is 12.6 Å². The molecule has 1 aliphatic rings. The summed E-state index contributed by atoms with van der Waals surface area (Å²) in [6.07, 6.45) is 2.59. The number of carbonyl (C=O) groups is 1. The summed E-state index contributed by atoms with van der Waals surface area (Å²) < 4.78 is 5.47. The molecule has 0 aromatic heterocycles. The highest BCUT2D eigenvalue weighted by Gasteiger charge is 2.24. The van der Waals surface area contributed by atoms with Crippen LogP contribution in [-0.2, 0) is 17.6 Å². The van der Waals surface area contributed by atoms with Gasteiger partial charge in [-0.15, -0.1) is 24.0 Å². The molecule has 6 nitrogen and oxygen atoms in total. The number of halogens is 1. The monoisotopic (exact) mass is 508 g/mol. The van der Waals surface area contributed by atoms with Crippen LogP contribution in [-0.4, -0.2) is 31.6 Å². The third kappa shape index (κ3) is 5.62. The van der Waals surface area contributed by atoms with Gasteiger partial charge in [0, 0.05) is 18.8 Å². The highest BCUT2D eigenvalue weighted by atomic mass is 127. The summed E-state index contributed by atoms with van der Waals surface area (Å²) in [5.74, 6) is 1.12. The van der Waals surface area contributed by atoms with Crippen LogP contribution in [0.2, 0.25) is 0 Å². The Hall–Kier alpha value is -2.29. The molecule has 156 valence electrons. The van der Waals surface area contributed by atoms with Gasteiger partial charge in [0.2, 0.25) is 0 Å². The molecule has 1 heterocycles. The summed E-state index contributed by atoms with van der Waals surface area (Å²) >= 11 is 0. The minimum absolute atomic E-state index is 0. The highest BCUT2D eigenvalue weighted by molar-refractivity contribution is 14.0. The number of ether oxygens (including phenoxy) is 1. The molecule has 2 aromatic rings. The van der Waals surface area contributed by atoms with E-state index in [0.29, 0.717) is 19.0 Å². The Labute approximate surface area is 189 Å². The predicted octanol–water partition coefficient (Wildman–Crippen LogP) is 3.97. The second-order valence-corrected chi connectivity index (χ2v) is 6.71. The van der Waals surface area contributed by atoms with Crippen molar-refractivity contribution in [2.24, 2.45) is 10.7 Å². The number of aliphatic imine (C=N–C) groups is 1. The Balaban J connectivity index is 0.00000300. The van der Waals surface area contributed by atoms with Gasteiger partial charge in [-0.25, -0.2) is 0 Å². The van der Waals surface area contributed by atoms with Crippen molar-refractivity contribution in [3.8, 4) is 5.75 Å². The first-order chi connectivity index (χ1) is 13.6. The number of aryl methyl sites for hydroxylation is 2. The molecular formula is C22H29IN4O2. The number of anilines is 2. The van der Waals surface area contributed by atoms with Crippen LogP contribution in [0.4, 0.5) is 11.4 Å². The molecule has 3 rings (SSSR count). The van der Waals surface area contributed by atoms with Gasteiger partial charge in [-0.1, -0.05) is 44.2 Å². The van der Waals surface area contributed by atoms with Crippen LogP contribution in [0.3, 0.4) is 0 Å². The number of nitrogens with zero attached hydrogens (tertiary/aromatic N) is 2. The maximum atomic E-state index is 12.2. The molecule has 0 radical (unpaired) electrons. The number of carbonyl (C=O) groups excluding carboxylic acids is 1. The molecule has 0 saturated carbocycles. The normalized spacial score (nSPS) is 13.4. The highest BCUT2D eigenvalue weighted by Crippen LogP contribution is 2.31. The number of guanidine groups is 1. The van der Waals surface area contributed by atoms with Crippen LogP contribution in [0, 0.1) is 0 Å². The first kappa shape index (κ1) is 23.0. The lowest BCUT2D eigenvalue weighted by molar-refractivity contribution is -0.121. The van der Waals surface area contributed by atoms with E-state index in [-0.39, 0.29) is 36.5 Å². The van der Waals surface area contributed by atoms with Crippen molar-refractivity contribution in [1.29, 1.82) is 0 Å². The molecule has 0 unspecified atom stereocenters. The standard InChI is InChI=1S/C22H28N4O2.HI/c1-3-16-9-7-10-17(4-2)21(16)25-22(23)24-13-8-14-26-18-11-5-6-12-19(18)28-15-20(26)27;/h5-7,9-12H,3-4,8,13-15H2,1-2H3,(H3,23,24,25);1H. The lowest BCUT2D eigenvalue weighted by atomic mass is 10.0. The molecule has 2 aromatic carbocycles. The summed E-state index contributed by atoms with van der Waals surface area (Å²) in [4.78, 5) is 18.4. The first-order valence-corrected chi connectivity index (χ1v) is 9.84. The molecular weight excluding hydrogens is 479 g/mol. The summed E-state index contributed by atoms with van der Waals surface area (Å²) in [5.41, 5.74) is 10.5. The number of hydrogen-bond donors (Lipinski definition) is 2. The van der Waals surface area contributed by atoms with Crippen LogP contribution in [0.15, 0.2) is 47.5 Å². The molecule has 1 amide bonds. The minimum atomic E-state index is -0.0294. The zero-order chi connectivity index (χ0) is 19.9. The number of benzene rings is 2. The Morgan fingerprint density at radius 1 is 1.14 bits per heavy atom. The van der Waals surface area contributed by atoms with E-state index in [2.05, 4.69) is 42.4 Å². The lowest BCUT2D eigenvalue weighted by Crippen LogP contribution is -2.39. The van der Waals surface area contributed by atoms with Crippen LogP contribution in [0.1, 0.15) is 31.4 Å². The average molecular weight is 508 g/mol. The fraction of sp³-hybridized carbons (Fsp3) is 0.364. The van der Waals surface area contributed by atoms with E-state index in [1.165, 1.54) is 11.1 Å². The zero-order valence-electron chi connectivity index (χ0n) is 17.0. The van der Waals surface area contributed by atoms with Crippen molar-refractivity contribution >= 4 is 47.2 Å². The maximum absolute atomic E-state index is 12.2. The number of hydrogen-bond acceptors (Lipinski definition) is 3. The van der Waals surface area contributed by atoms with Gasteiger partial charge in [0.05, 0.1) is 5.69 Å². The van der Waals surface area contributed by atoms with Crippen molar-refractivity contribution < 1.29 is 9.53 Å². The Morgan fingerprint density at radius 2 is 1.83 bits per heavy atom. The average Bonchev–Trinajstić information content (AvgIpc) is 2.72. The molecule has 1 aliphatic heterocycles. The maximum Gasteiger partial charge on any atom is 0.265 e. The Bertz CT molecular complexity index is 847. The molecule has 0 fully saturated rings. The van der Waals surface area contributed by atoms with Crippen LogP contribution in [0.25, 0.3) is 0 Å². The van der Waals surface area contributed by atoms with E-state index < -0.39 is 0 Å². The molecule has 0 spiro atoms. The predicted molar refractivity (Wildman–Crippen MR) is 130 cm³/mol. The Kier molecular flexibility index (Phi) is 8.75. The molecule has 0 aliphatic carbocycles. The smallest absolute Gasteiger partial charge is 0.265 e. The topological polar surface area (TPSA) is 80.0 Å². The second kappa shape index (κ2) is 11.0. The van der Waals surface area contributed by atoms with Gasteiger partial charge < -0.3 is 20.7 Å². The molecule has 7 heteroatoms. The summed E-state index contributed by atoms with van der Waals surface area (Å²) in [5, 5.41) is 3.27. The first-order valence-electron chi connectivity index (χ1n) is 9.84. The van der Waals surface area contributed by atoms with E-state index in [9.17, 15) is 4.79 Å². The van der Waals surface area contributed by atoms with E-state index in [1.807, 2.05) is 24.3 Å². The van der Waals surface area contributed by atoms with Crippen molar-refractivity contribution in [2.75, 3.05) is 29.9 Å². The largest absolute Gasteiger partial charge is 0.482 e. The van der Waals surface area contributed by atoms with E-state index in [4.69, 9.17) is 10.5 Å². The third-order valence-electron chi connectivity index (χ3n) is 4.88. The number of rotatable bonds is 7. The molecule has 3 N–H and O–H groups in total. The third-order valence-corrected chi connectivity index (χ3v) is 4.88. The number of amides is 1. The Morgan fingerprint density at radius 3 is 2.52 bits per heavy atom. The van der Waals surface area contributed by atoms with E-state index in [1.54, 1.807) is 4.90 Å². The second-order valence-electron chi connectivity index (χ2n) is 6.71. The van der Waals surface area contributed by atoms with E-state index >= 15 is 0 Å². The van der Waals surface area contributed by atoms with Gasteiger partial charge in [0.1, 0.15) is 5.75 Å². The van der Waals surface area contributed by atoms with Crippen molar-refractivity contribution in [3.05, 3.63) is 53.6 Å². The summed E-state index contributed by atoms with van der Waals surface area (Å²) in [6.45, 7) is 5.47. The van der Waals surface area contributed by atoms with Crippen molar-refractivity contribution in [1.82, 2.24) is 0 Å². The fourth-order valence-corrected chi connectivity index (χ4v) is 3.40. The minimum Gasteiger partial charge on any atom is -0.482 e. The zero-order valence-corrected chi connectivity index (χ0v) is 19.3. The van der Waals surface area contributed by atoms with Gasteiger partial charge in [-0.3, -0.25) is 9.79 Å². The van der Waals surface area contributed by atoms with E-state index in [0.717, 1.165) is 36.4 Å². The fourth-order valence-electron chi connectivity index (χ4n) is 3.40. The lowest BCUT2D eigenvalue weighted by Gasteiger charge is -2.29. The van der Waals surface area contributed by atoms with Gasteiger partial charge in [-0.05, 0) is 42.5 Å². The van der Waals surface area contributed by atoms with Crippen LogP contribution in [0.5, 0.6) is 5.75 Å². The number of para-hydroxylation sites is 3. The van der Waals surface area contributed by atoms with Crippen LogP contribution < -0.4 is 20.7 Å². The quantitative estimate of drug-likeness (QED) is 0.257. The molecule has 0 bridgehead atoms.